The van der Waals surface area contributed by atoms with Crippen LogP contribution < -0.4 is 10.5 Å². The molecule has 2 heterocycles. The van der Waals surface area contributed by atoms with Gasteiger partial charge in [-0.05, 0) is 34.6 Å². The van der Waals surface area contributed by atoms with Crippen molar-refractivity contribution < 1.29 is 18.5 Å². The van der Waals surface area contributed by atoms with Crippen LogP contribution in [0, 0.1) is 0 Å². The fraction of sp³-hybridized carbons (Fsp3) is 0.600. The molecule has 2 rings (SSSR count). The summed E-state index contributed by atoms with van der Waals surface area (Å²) in [6.07, 6.45) is 1.78. The van der Waals surface area contributed by atoms with Crippen molar-refractivity contribution >= 4 is 35.3 Å². The molecule has 10 nitrogen and oxygen atoms in total. The Bertz CT molecular complexity index is 747. The number of carbonyl (C=O) groups excluding carboxylic acids is 1. The van der Waals surface area contributed by atoms with Crippen LogP contribution in [0.4, 0.5) is 10.6 Å². The van der Waals surface area contributed by atoms with E-state index < -0.39 is 11.7 Å². The quantitative estimate of drug-likeness (QED) is 0.547. The molecule has 0 bridgehead atoms. The third-order valence-corrected chi connectivity index (χ3v) is 3.44. The highest BCUT2D eigenvalue weighted by molar-refractivity contribution is 7.92. The minimum absolute atomic E-state index is 0.181. The van der Waals surface area contributed by atoms with E-state index in [9.17, 15) is 4.79 Å². The molecule has 0 spiro atoms. The summed E-state index contributed by atoms with van der Waals surface area (Å²) >= 11 is 0.797. The van der Waals surface area contributed by atoms with Crippen molar-refractivity contribution in [3.05, 3.63) is 12.7 Å². The maximum Gasteiger partial charge on any atom is 0.413 e. The van der Waals surface area contributed by atoms with E-state index in [1.807, 2.05) is 13.8 Å². The molecule has 0 saturated heterocycles. The Morgan fingerprint density at radius 2 is 2.08 bits per heavy atom. The van der Waals surface area contributed by atoms with Crippen LogP contribution in [0.3, 0.4) is 0 Å². The molecule has 2 aromatic heterocycles. The van der Waals surface area contributed by atoms with Gasteiger partial charge in [0, 0.05) is 0 Å². The van der Waals surface area contributed by atoms with Crippen molar-refractivity contribution in [2.75, 3.05) is 11.9 Å². The van der Waals surface area contributed by atoms with Gasteiger partial charge in [0.25, 0.3) is 0 Å². The number of anilines is 1. The molecule has 0 aliphatic rings. The number of aromatic nitrogens is 4. The van der Waals surface area contributed by atoms with E-state index in [-0.39, 0.29) is 18.1 Å². The lowest BCUT2D eigenvalue weighted by Crippen LogP contribution is -2.27. The van der Waals surface area contributed by atoms with Gasteiger partial charge >= 0.3 is 6.09 Å². The second kappa shape index (κ2) is 8.62. The van der Waals surface area contributed by atoms with Gasteiger partial charge in [-0.2, -0.15) is 0 Å². The third-order valence-electron chi connectivity index (χ3n) is 3.17. The first-order chi connectivity index (χ1) is 12.2. The number of amides is 1. The van der Waals surface area contributed by atoms with Gasteiger partial charge in [-0.25, -0.2) is 19.7 Å². The van der Waals surface area contributed by atoms with Crippen molar-refractivity contribution in [1.29, 1.82) is 0 Å². The minimum atomic E-state index is -0.613. The highest BCUT2D eigenvalue weighted by atomic mass is 32.2. The third kappa shape index (κ3) is 5.53. The van der Waals surface area contributed by atoms with Gasteiger partial charge in [0.15, 0.2) is 17.0 Å². The average molecular weight is 384 g/mol. The van der Waals surface area contributed by atoms with E-state index in [0.717, 1.165) is 12.2 Å². The van der Waals surface area contributed by atoms with E-state index >= 15 is 0 Å². The van der Waals surface area contributed by atoms with E-state index in [0.29, 0.717) is 17.8 Å². The van der Waals surface area contributed by atoms with Gasteiger partial charge in [-0.3, -0.25) is 19.2 Å². The molecule has 0 aliphatic heterocycles. The molecule has 2 atom stereocenters. The second-order valence-electron chi connectivity index (χ2n) is 6.60. The van der Waals surface area contributed by atoms with E-state index in [2.05, 4.69) is 20.3 Å². The van der Waals surface area contributed by atoms with Crippen molar-refractivity contribution in [3.63, 3.8) is 0 Å². The summed E-state index contributed by atoms with van der Waals surface area (Å²) in [7, 11) is 0. The Morgan fingerprint density at radius 3 is 2.73 bits per heavy atom. The molecule has 1 amide bonds. The van der Waals surface area contributed by atoms with Crippen LogP contribution in [0.25, 0.3) is 11.2 Å². The Morgan fingerprint density at radius 1 is 1.35 bits per heavy atom. The van der Waals surface area contributed by atoms with Gasteiger partial charge in [0.2, 0.25) is 0 Å². The largest absolute Gasteiger partial charge is 0.444 e. The molecule has 0 aliphatic carbocycles. The second-order valence-corrected chi connectivity index (χ2v) is 7.03. The van der Waals surface area contributed by atoms with Gasteiger partial charge in [-0.15, -0.1) is 0 Å². The van der Waals surface area contributed by atoms with Crippen LogP contribution in [-0.4, -0.2) is 43.9 Å². The summed E-state index contributed by atoms with van der Waals surface area (Å²) in [5.41, 5.74) is 0.355. The number of nitrogens with one attached hydrogen (secondary N) is 1. The maximum atomic E-state index is 12.0. The standard InChI is InChI=1S/C15H24N6O4S/c1-9(6-23-26-16)24-10(2)21-8-19-11-12(17-7-18-13(11)21)20-14(22)25-15(3,4)5/h7-10H,6,16H2,1-5H3,(H,17,18,20,22). The molecule has 0 fully saturated rings. The molecule has 0 aromatic carbocycles. The zero-order valence-corrected chi connectivity index (χ0v) is 16.2. The Kier molecular flexibility index (Phi) is 6.75. The molecule has 144 valence electrons. The van der Waals surface area contributed by atoms with E-state index in [1.54, 1.807) is 31.7 Å². The predicted octanol–water partition coefficient (Wildman–Crippen LogP) is 2.64. The average Bonchev–Trinajstić information content (AvgIpc) is 2.96. The minimum Gasteiger partial charge on any atom is -0.444 e. The van der Waals surface area contributed by atoms with Crippen LogP contribution in [0.15, 0.2) is 12.7 Å². The number of nitrogens with zero attached hydrogens (tertiary/aromatic N) is 4. The summed E-state index contributed by atoms with van der Waals surface area (Å²) in [4.78, 5) is 24.6. The molecule has 2 unspecified atom stereocenters. The molecule has 2 aromatic rings. The first kappa shape index (κ1) is 20.4. The van der Waals surface area contributed by atoms with Crippen molar-refractivity contribution in [2.24, 2.45) is 5.14 Å². The Hall–Kier alpha value is -1.95. The van der Waals surface area contributed by atoms with Crippen molar-refractivity contribution in [2.45, 2.75) is 52.6 Å². The van der Waals surface area contributed by atoms with Gasteiger partial charge in [-0.1, -0.05) is 0 Å². The van der Waals surface area contributed by atoms with Crippen LogP contribution >= 0.6 is 12.2 Å². The molecule has 0 radical (unpaired) electrons. The first-order valence-electron chi connectivity index (χ1n) is 8.02. The smallest absolute Gasteiger partial charge is 0.413 e. The fourth-order valence-electron chi connectivity index (χ4n) is 2.19. The number of ether oxygens (including phenoxy) is 2. The first-order valence-corrected chi connectivity index (χ1v) is 8.83. The van der Waals surface area contributed by atoms with Crippen LogP contribution in [-0.2, 0) is 13.7 Å². The lowest BCUT2D eigenvalue weighted by Gasteiger charge is -2.20. The highest BCUT2D eigenvalue weighted by Gasteiger charge is 2.20. The summed E-state index contributed by atoms with van der Waals surface area (Å²) in [6.45, 7) is 9.42. The SMILES string of the molecule is CC(COSN)OC(C)n1cnc2c(NC(=O)OC(C)(C)C)ncnc21. The zero-order valence-electron chi connectivity index (χ0n) is 15.4. The zero-order chi connectivity index (χ0) is 19.3. The number of hydrogen-bond donors (Lipinski definition) is 2. The summed E-state index contributed by atoms with van der Waals surface area (Å²) < 4.78 is 17.9. The van der Waals surface area contributed by atoms with Crippen LogP contribution in [0.2, 0.25) is 0 Å². The molecule has 11 heteroatoms. The normalized spacial score (nSPS) is 14.2. The number of carbonyl (C=O) groups is 1. The molecule has 26 heavy (non-hydrogen) atoms. The number of imidazole rings is 1. The predicted molar refractivity (Wildman–Crippen MR) is 98.2 cm³/mol. The molecule has 3 N–H and O–H groups in total. The number of hydrogen-bond acceptors (Lipinski definition) is 9. The van der Waals surface area contributed by atoms with Crippen molar-refractivity contribution in [3.8, 4) is 0 Å². The van der Waals surface area contributed by atoms with E-state index in [4.69, 9.17) is 18.8 Å². The topological polar surface area (TPSA) is 126 Å². The number of fused-ring (bicyclic) bond motifs is 1. The lowest BCUT2D eigenvalue weighted by molar-refractivity contribution is -0.0473. The summed E-state index contributed by atoms with van der Waals surface area (Å²) in [6, 6.07) is 0. The number of nitrogens with two attached hydrogens (primary N) is 1. The number of rotatable bonds is 7. The molecular formula is C15H24N6O4S. The lowest BCUT2D eigenvalue weighted by atomic mass is 10.2. The van der Waals surface area contributed by atoms with Crippen molar-refractivity contribution in [1.82, 2.24) is 19.5 Å². The van der Waals surface area contributed by atoms with Gasteiger partial charge in [0.1, 0.15) is 18.2 Å². The summed E-state index contributed by atoms with van der Waals surface area (Å²) in [5, 5.41) is 7.83. The van der Waals surface area contributed by atoms with Crippen LogP contribution in [0.1, 0.15) is 40.8 Å². The summed E-state index contributed by atoms with van der Waals surface area (Å²) in [5.74, 6) is 0.270. The maximum absolute atomic E-state index is 12.0. The van der Waals surface area contributed by atoms with Gasteiger partial charge < -0.3 is 9.47 Å². The molecule has 0 saturated carbocycles. The van der Waals surface area contributed by atoms with Gasteiger partial charge in [0.05, 0.1) is 31.3 Å². The highest BCUT2D eigenvalue weighted by Crippen LogP contribution is 2.22. The fourth-order valence-corrected chi connectivity index (χ4v) is 2.46. The Labute approximate surface area is 156 Å². The Balaban J connectivity index is 2.16. The monoisotopic (exact) mass is 384 g/mol. The van der Waals surface area contributed by atoms with Crippen LogP contribution in [0.5, 0.6) is 0 Å². The molecular weight excluding hydrogens is 360 g/mol. The van der Waals surface area contributed by atoms with E-state index in [1.165, 1.54) is 6.33 Å².